The van der Waals surface area contributed by atoms with E-state index in [2.05, 4.69) is 44.5 Å². The number of carbonyl (C=O) groups is 2. The summed E-state index contributed by atoms with van der Waals surface area (Å²) in [6.45, 7) is 6.65. The summed E-state index contributed by atoms with van der Waals surface area (Å²) in [7, 11) is 0. The highest BCUT2D eigenvalue weighted by atomic mass is 35.5. The van der Waals surface area contributed by atoms with Gasteiger partial charge in [0, 0.05) is 49.2 Å². The topological polar surface area (TPSA) is 81.9 Å². The third kappa shape index (κ3) is 4.64. The standard InChI is InChI=1S/C33H32ClN5O3/c1-20-30(21(2)42-36-20)32(40)35-22-11-14-29(27(34)19-22)37-15-17-38(18-16-37)31-24-7-3-4-8-25(24)33(41)39(23-12-13-23)28-10-6-5-9-26(28)31/h3-11,14,19,23,31H,12-13,15-18H2,1-2H3,(H,35,40). The van der Waals surface area contributed by atoms with Gasteiger partial charge in [0.15, 0.2) is 0 Å². The van der Waals surface area contributed by atoms with Crippen LogP contribution in [-0.4, -0.2) is 54.1 Å². The van der Waals surface area contributed by atoms with E-state index in [9.17, 15) is 9.59 Å². The fourth-order valence-corrected chi connectivity index (χ4v) is 6.73. The molecule has 9 heteroatoms. The predicted octanol–water partition coefficient (Wildman–Crippen LogP) is 6.23. The lowest BCUT2D eigenvalue weighted by Gasteiger charge is -2.41. The Labute approximate surface area is 249 Å². The smallest absolute Gasteiger partial charge is 0.261 e. The van der Waals surface area contributed by atoms with E-state index in [0.29, 0.717) is 27.7 Å². The zero-order valence-electron chi connectivity index (χ0n) is 23.6. The molecule has 3 heterocycles. The van der Waals surface area contributed by atoms with Crippen LogP contribution in [-0.2, 0) is 0 Å². The van der Waals surface area contributed by atoms with Gasteiger partial charge in [-0.3, -0.25) is 14.5 Å². The number of hydrogen-bond acceptors (Lipinski definition) is 6. The van der Waals surface area contributed by atoms with Crippen LogP contribution in [0.25, 0.3) is 0 Å². The predicted molar refractivity (Wildman–Crippen MR) is 164 cm³/mol. The first-order valence-corrected chi connectivity index (χ1v) is 14.8. The second-order valence-electron chi connectivity index (χ2n) is 11.3. The number of piperazine rings is 1. The maximum atomic E-state index is 13.8. The van der Waals surface area contributed by atoms with Gasteiger partial charge in [0.25, 0.3) is 11.8 Å². The number of aryl methyl sites for hydroxylation is 2. The third-order valence-corrected chi connectivity index (χ3v) is 8.90. The molecule has 8 nitrogen and oxygen atoms in total. The Hall–Kier alpha value is -4.14. The van der Waals surface area contributed by atoms with Crippen molar-refractivity contribution in [2.75, 3.05) is 41.3 Å². The number of hydrogen-bond donors (Lipinski definition) is 1. The van der Waals surface area contributed by atoms with Gasteiger partial charge in [0.1, 0.15) is 11.3 Å². The molecule has 214 valence electrons. The molecule has 0 radical (unpaired) electrons. The van der Waals surface area contributed by atoms with Crippen molar-refractivity contribution >= 4 is 40.5 Å². The SMILES string of the molecule is Cc1noc(C)c1C(=O)Nc1ccc(N2CCN(C3c4ccccc4C(=O)N(C4CC4)c4ccccc43)CC2)c(Cl)c1. The molecular formula is C33H32ClN5O3. The molecule has 2 aliphatic heterocycles. The van der Waals surface area contributed by atoms with Crippen LogP contribution in [0.15, 0.2) is 71.3 Å². The molecule has 7 rings (SSSR count). The number of halogens is 1. The Morgan fingerprint density at radius 2 is 1.64 bits per heavy atom. The van der Waals surface area contributed by atoms with Crippen molar-refractivity contribution in [2.45, 2.75) is 38.8 Å². The zero-order valence-corrected chi connectivity index (χ0v) is 24.4. The molecule has 2 amide bonds. The first kappa shape index (κ1) is 26.7. The average Bonchev–Trinajstić information content (AvgIpc) is 3.78. The largest absolute Gasteiger partial charge is 0.368 e. The highest BCUT2D eigenvalue weighted by Crippen LogP contribution is 2.45. The minimum absolute atomic E-state index is 0.00960. The Kier molecular flexibility index (Phi) is 6.75. The summed E-state index contributed by atoms with van der Waals surface area (Å²) in [5.74, 6) is 0.315. The van der Waals surface area contributed by atoms with Gasteiger partial charge in [0.05, 0.1) is 22.4 Å². The van der Waals surface area contributed by atoms with Gasteiger partial charge in [-0.2, -0.15) is 0 Å². The second kappa shape index (κ2) is 10.6. The van der Waals surface area contributed by atoms with Crippen molar-refractivity contribution in [3.63, 3.8) is 0 Å². The van der Waals surface area contributed by atoms with Crippen LogP contribution in [0.2, 0.25) is 5.02 Å². The maximum absolute atomic E-state index is 13.8. The van der Waals surface area contributed by atoms with Gasteiger partial charge in [-0.15, -0.1) is 0 Å². The van der Waals surface area contributed by atoms with E-state index in [1.54, 1.807) is 19.9 Å². The van der Waals surface area contributed by atoms with E-state index in [0.717, 1.165) is 61.5 Å². The van der Waals surface area contributed by atoms with Gasteiger partial charge < -0.3 is 19.6 Å². The van der Waals surface area contributed by atoms with E-state index in [-0.39, 0.29) is 23.9 Å². The summed E-state index contributed by atoms with van der Waals surface area (Å²) in [5, 5.41) is 7.36. The summed E-state index contributed by atoms with van der Waals surface area (Å²) in [6.07, 6.45) is 2.10. The molecule has 3 aliphatic rings. The molecule has 1 unspecified atom stereocenters. The molecule has 1 aromatic heterocycles. The minimum Gasteiger partial charge on any atom is -0.368 e. The quantitative estimate of drug-likeness (QED) is 0.301. The molecule has 42 heavy (non-hydrogen) atoms. The molecule has 3 aromatic carbocycles. The van der Waals surface area contributed by atoms with Crippen LogP contribution in [0.3, 0.4) is 0 Å². The normalized spacial score (nSPS) is 18.8. The summed E-state index contributed by atoms with van der Waals surface area (Å²) in [5.41, 5.74) is 6.63. The lowest BCUT2D eigenvalue weighted by Crippen LogP contribution is -2.48. The first-order valence-electron chi connectivity index (χ1n) is 14.4. The molecule has 2 fully saturated rings. The first-order chi connectivity index (χ1) is 20.4. The summed E-state index contributed by atoms with van der Waals surface area (Å²) >= 11 is 6.76. The zero-order chi connectivity index (χ0) is 29.0. The van der Waals surface area contributed by atoms with E-state index in [1.807, 2.05) is 41.3 Å². The number of nitrogens with one attached hydrogen (secondary N) is 1. The molecule has 0 bridgehead atoms. The van der Waals surface area contributed by atoms with E-state index in [4.69, 9.17) is 16.1 Å². The summed E-state index contributed by atoms with van der Waals surface area (Å²) < 4.78 is 5.13. The monoisotopic (exact) mass is 581 g/mol. The van der Waals surface area contributed by atoms with E-state index >= 15 is 0 Å². The van der Waals surface area contributed by atoms with Crippen LogP contribution < -0.4 is 15.1 Å². The van der Waals surface area contributed by atoms with Crippen molar-refractivity contribution in [1.29, 1.82) is 0 Å². The number of fused-ring (bicyclic) bond motifs is 2. The molecular weight excluding hydrogens is 550 g/mol. The van der Waals surface area contributed by atoms with Crippen molar-refractivity contribution in [2.24, 2.45) is 0 Å². The van der Waals surface area contributed by atoms with Crippen molar-refractivity contribution in [3.8, 4) is 0 Å². The van der Waals surface area contributed by atoms with Crippen LogP contribution in [0, 0.1) is 13.8 Å². The number of anilines is 3. The lowest BCUT2D eigenvalue weighted by atomic mass is 9.93. The van der Waals surface area contributed by atoms with Crippen molar-refractivity contribution < 1.29 is 14.1 Å². The van der Waals surface area contributed by atoms with Gasteiger partial charge in [-0.25, -0.2) is 0 Å². The van der Waals surface area contributed by atoms with Crippen LogP contribution in [0.4, 0.5) is 17.1 Å². The highest BCUT2D eigenvalue weighted by molar-refractivity contribution is 6.33. The highest BCUT2D eigenvalue weighted by Gasteiger charge is 2.41. The Morgan fingerprint density at radius 3 is 2.33 bits per heavy atom. The molecule has 1 saturated heterocycles. The number of aromatic nitrogens is 1. The van der Waals surface area contributed by atoms with Crippen LogP contribution >= 0.6 is 11.6 Å². The molecule has 1 saturated carbocycles. The van der Waals surface area contributed by atoms with Crippen molar-refractivity contribution in [3.05, 3.63) is 105 Å². The van der Waals surface area contributed by atoms with Crippen LogP contribution in [0.5, 0.6) is 0 Å². The number of carbonyl (C=O) groups excluding carboxylic acids is 2. The number of para-hydroxylation sites is 1. The van der Waals surface area contributed by atoms with E-state index < -0.39 is 0 Å². The number of benzene rings is 3. The molecule has 0 spiro atoms. The number of rotatable bonds is 5. The number of amides is 2. The Balaban J connectivity index is 1.12. The van der Waals surface area contributed by atoms with Gasteiger partial charge in [-0.1, -0.05) is 53.2 Å². The van der Waals surface area contributed by atoms with Gasteiger partial charge in [0.2, 0.25) is 0 Å². The fourth-order valence-electron chi connectivity index (χ4n) is 6.43. The maximum Gasteiger partial charge on any atom is 0.261 e. The second-order valence-corrected chi connectivity index (χ2v) is 11.7. The lowest BCUT2D eigenvalue weighted by molar-refractivity contribution is 0.0982. The Bertz CT molecular complexity index is 1670. The van der Waals surface area contributed by atoms with E-state index in [1.165, 1.54) is 5.56 Å². The fraction of sp³-hybridized carbons (Fsp3) is 0.303. The molecule has 1 atom stereocenters. The van der Waals surface area contributed by atoms with Gasteiger partial charge in [-0.05, 0) is 68.1 Å². The summed E-state index contributed by atoms with van der Waals surface area (Å²) in [4.78, 5) is 33.4. The average molecular weight is 582 g/mol. The minimum atomic E-state index is -0.272. The summed E-state index contributed by atoms with van der Waals surface area (Å²) in [6, 6.07) is 22.4. The van der Waals surface area contributed by atoms with Crippen LogP contribution in [0.1, 0.15) is 62.2 Å². The Morgan fingerprint density at radius 1 is 0.929 bits per heavy atom. The van der Waals surface area contributed by atoms with Crippen molar-refractivity contribution in [1.82, 2.24) is 10.1 Å². The third-order valence-electron chi connectivity index (χ3n) is 8.59. The number of nitrogens with zero attached hydrogens (tertiary/aromatic N) is 4. The molecule has 1 aliphatic carbocycles. The molecule has 4 aromatic rings. The van der Waals surface area contributed by atoms with Gasteiger partial charge >= 0.3 is 0 Å². The molecule has 1 N–H and O–H groups in total.